The zero-order valence-electron chi connectivity index (χ0n) is 8.71. The molecule has 1 aromatic heterocycles. The number of nitrogens with zero attached hydrogens (tertiary/aromatic N) is 1. The number of rotatable bonds is 0. The summed E-state index contributed by atoms with van der Waals surface area (Å²) in [5.41, 5.74) is 1.85. The fraction of sp³-hybridized carbons (Fsp3) is 0.0769. The van der Waals surface area contributed by atoms with Gasteiger partial charge in [-0.2, -0.15) is 0 Å². The molecule has 0 saturated heterocycles. The van der Waals surface area contributed by atoms with Crippen molar-refractivity contribution in [3.8, 4) is 0 Å². The predicted molar refractivity (Wildman–Crippen MR) is 69.3 cm³/mol. The lowest BCUT2D eigenvalue weighted by molar-refractivity contribution is 0.0993. The number of ketones is 1. The minimum atomic E-state index is -0.0346. The molecule has 4 heteroatoms. The summed E-state index contributed by atoms with van der Waals surface area (Å²) in [5, 5.41) is 1.68. The standard InChI is InChI=1S/C13H7Cl2NO/c14-9-6-11(17)8-5-7-3-1-2-4-10(7)16-13(8)12(9)15/h1-5H,6H2. The van der Waals surface area contributed by atoms with Crippen molar-refractivity contribution in [2.75, 3.05) is 0 Å². The number of hydrogen-bond acceptors (Lipinski definition) is 2. The van der Waals surface area contributed by atoms with Gasteiger partial charge in [0.25, 0.3) is 0 Å². The summed E-state index contributed by atoms with van der Waals surface area (Å²) in [6.45, 7) is 0. The van der Waals surface area contributed by atoms with Crippen molar-refractivity contribution in [2.24, 2.45) is 0 Å². The van der Waals surface area contributed by atoms with Crippen molar-refractivity contribution in [1.82, 2.24) is 4.98 Å². The summed E-state index contributed by atoms with van der Waals surface area (Å²) >= 11 is 12.0. The Morgan fingerprint density at radius 1 is 1.18 bits per heavy atom. The molecule has 0 bridgehead atoms. The van der Waals surface area contributed by atoms with E-state index in [-0.39, 0.29) is 12.2 Å². The first-order chi connectivity index (χ1) is 8.16. The molecule has 3 rings (SSSR count). The van der Waals surface area contributed by atoms with E-state index in [0.29, 0.717) is 21.3 Å². The number of para-hydroxylation sites is 1. The van der Waals surface area contributed by atoms with Gasteiger partial charge in [-0.1, -0.05) is 41.4 Å². The van der Waals surface area contributed by atoms with Crippen LogP contribution in [-0.4, -0.2) is 10.8 Å². The van der Waals surface area contributed by atoms with Crippen molar-refractivity contribution < 1.29 is 4.79 Å². The molecule has 0 spiro atoms. The molecule has 0 N–H and O–H groups in total. The van der Waals surface area contributed by atoms with Crippen LogP contribution < -0.4 is 0 Å². The number of fused-ring (bicyclic) bond motifs is 2. The molecule has 84 valence electrons. The quantitative estimate of drug-likeness (QED) is 0.720. The van der Waals surface area contributed by atoms with Crippen LogP contribution in [0.15, 0.2) is 35.4 Å². The summed E-state index contributed by atoms with van der Waals surface area (Å²) in [5.74, 6) is -0.0346. The van der Waals surface area contributed by atoms with Gasteiger partial charge in [0.05, 0.1) is 16.2 Å². The van der Waals surface area contributed by atoms with E-state index in [0.717, 1.165) is 10.9 Å². The minimum Gasteiger partial charge on any atom is -0.294 e. The largest absolute Gasteiger partial charge is 0.294 e. The zero-order valence-corrected chi connectivity index (χ0v) is 10.2. The highest BCUT2D eigenvalue weighted by Crippen LogP contribution is 2.35. The smallest absolute Gasteiger partial charge is 0.170 e. The lowest BCUT2D eigenvalue weighted by Crippen LogP contribution is -2.10. The van der Waals surface area contributed by atoms with Crippen molar-refractivity contribution in [2.45, 2.75) is 6.42 Å². The van der Waals surface area contributed by atoms with E-state index in [1.807, 2.05) is 30.3 Å². The van der Waals surface area contributed by atoms with E-state index in [1.165, 1.54) is 0 Å². The van der Waals surface area contributed by atoms with Gasteiger partial charge in [-0.05, 0) is 12.1 Å². The number of benzene rings is 1. The van der Waals surface area contributed by atoms with Gasteiger partial charge in [0.15, 0.2) is 5.78 Å². The molecule has 0 radical (unpaired) electrons. The highest BCUT2D eigenvalue weighted by Gasteiger charge is 2.24. The first-order valence-electron chi connectivity index (χ1n) is 5.14. The molecule has 2 nitrogen and oxygen atoms in total. The third-order valence-corrected chi connectivity index (χ3v) is 3.61. The van der Waals surface area contributed by atoms with Crippen LogP contribution in [0.25, 0.3) is 15.9 Å². The fourth-order valence-corrected chi connectivity index (χ4v) is 2.36. The number of aromatic nitrogens is 1. The second-order valence-corrected chi connectivity index (χ2v) is 4.73. The van der Waals surface area contributed by atoms with Crippen LogP contribution >= 0.6 is 23.2 Å². The van der Waals surface area contributed by atoms with Crippen LogP contribution in [0.2, 0.25) is 0 Å². The Bertz CT molecular complexity index is 676. The van der Waals surface area contributed by atoms with E-state index in [2.05, 4.69) is 4.98 Å². The van der Waals surface area contributed by atoms with Gasteiger partial charge in [-0.25, -0.2) is 4.98 Å². The summed E-state index contributed by atoms with van der Waals surface area (Å²) in [6.07, 6.45) is 0.160. The maximum Gasteiger partial charge on any atom is 0.170 e. The SMILES string of the molecule is O=C1CC(Cl)=C(Cl)c2nc3ccccc3cc21. The van der Waals surface area contributed by atoms with Crippen LogP contribution in [0.5, 0.6) is 0 Å². The Kier molecular flexibility index (Phi) is 2.42. The molecule has 1 heterocycles. The second-order valence-electron chi connectivity index (χ2n) is 3.90. The molecule has 0 fully saturated rings. The molecule has 1 aliphatic carbocycles. The van der Waals surface area contributed by atoms with Crippen LogP contribution in [0.3, 0.4) is 0 Å². The van der Waals surface area contributed by atoms with Crippen molar-refractivity contribution in [1.29, 1.82) is 0 Å². The molecule has 0 unspecified atom stereocenters. The summed E-state index contributed by atoms with van der Waals surface area (Å²) in [6, 6.07) is 9.43. The molecule has 0 saturated carbocycles. The van der Waals surface area contributed by atoms with Crippen LogP contribution in [0.1, 0.15) is 22.5 Å². The molecule has 0 amide bonds. The van der Waals surface area contributed by atoms with E-state index >= 15 is 0 Å². The van der Waals surface area contributed by atoms with Gasteiger partial charge < -0.3 is 0 Å². The Hall–Kier alpha value is -1.38. The maximum absolute atomic E-state index is 11.9. The van der Waals surface area contributed by atoms with E-state index < -0.39 is 0 Å². The number of carbonyl (C=O) groups excluding carboxylic acids is 1. The number of allylic oxidation sites excluding steroid dienone is 1. The predicted octanol–water partition coefficient (Wildman–Crippen LogP) is 3.97. The average Bonchev–Trinajstić information content (AvgIpc) is 2.34. The molecular weight excluding hydrogens is 257 g/mol. The maximum atomic E-state index is 11.9. The van der Waals surface area contributed by atoms with Crippen LogP contribution in [-0.2, 0) is 0 Å². The molecule has 1 aromatic carbocycles. The van der Waals surface area contributed by atoms with Gasteiger partial charge in [0, 0.05) is 22.4 Å². The third-order valence-electron chi connectivity index (χ3n) is 2.79. The lowest BCUT2D eigenvalue weighted by Gasteiger charge is -2.15. The molecule has 17 heavy (non-hydrogen) atoms. The van der Waals surface area contributed by atoms with E-state index in [9.17, 15) is 4.79 Å². The van der Waals surface area contributed by atoms with Gasteiger partial charge >= 0.3 is 0 Å². The number of carbonyl (C=O) groups is 1. The Labute approximate surface area is 108 Å². The summed E-state index contributed by atoms with van der Waals surface area (Å²) in [7, 11) is 0. The first kappa shape index (κ1) is 10.8. The molecule has 0 atom stereocenters. The van der Waals surface area contributed by atoms with Gasteiger partial charge in [0.1, 0.15) is 0 Å². The lowest BCUT2D eigenvalue weighted by atomic mass is 9.98. The normalized spacial score (nSPS) is 15.3. The molecule has 2 aromatic rings. The van der Waals surface area contributed by atoms with Crippen molar-refractivity contribution in [3.63, 3.8) is 0 Å². The van der Waals surface area contributed by atoms with Crippen molar-refractivity contribution in [3.05, 3.63) is 46.6 Å². The molecule has 0 aliphatic heterocycles. The van der Waals surface area contributed by atoms with E-state index in [1.54, 1.807) is 0 Å². The fourth-order valence-electron chi connectivity index (χ4n) is 1.94. The van der Waals surface area contributed by atoms with E-state index in [4.69, 9.17) is 23.2 Å². The first-order valence-corrected chi connectivity index (χ1v) is 5.90. The molecule has 1 aliphatic rings. The summed E-state index contributed by atoms with van der Waals surface area (Å²) in [4.78, 5) is 16.3. The number of hydrogen-bond donors (Lipinski definition) is 0. The second kappa shape index (κ2) is 3.83. The Morgan fingerprint density at radius 3 is 2.76 bits per heavy atom. The van der Waals surface area contributed by atoms with Gasteiger partial charge in [-0.15, -0.1) is 0 Å². The topological polar surface area (TPSA) is 30.0 Å². The minimum absolute atomic E-state index is 0.0346. The Morgan fingerprint density at radius 2 is 1.94 bits per heavy atom. The van der Waals surface area contributed by atoms with Gasteiger partial charge in [0.2, 0.25) is 0 Å². The summed E-state index contributed by atoms with van der Waals surface area (Å²) < 4.78 is 0. The highest BCUT2D eigenvalue weighted by atomic mass is 35.5. The van der Waals surface area contributed by atoms with Crippen molar-refractivity contribution >= 4 is 44.9 Å². The number of Topliss-reactive ketones (excluding diaryl/α,β-unsaturated/α-hetero) is 1. The number of pyridine rings is 1. The molecular formula is C13H7Cl2NO. The van der Waals surface area contributed by atoms with Crippen LogP contribution in [0.4, 0.5) is 0 Å². The zero-order chi connectivity index (χ0) is 12.0. The monoisotopic (exact) mass is 263 g/mol. The van der Waals surface area contributed by atoms with Gasteiger partial charge in [-0.3, -0.25) is 4.79 Å². The third kappa shape index (κ3) is 1.65. The number of halogens is 2. The Balaban J connectivity index is 2.39. The average molecular weight is 264 g/mol. The highest BCUT2D eigenvalue weighted by molar-refractivity contribution is 6.56. The van der Waals surface area contributed by atoms with Crippen LogP contribution in [0, 0.1) is 0 Å².